The zero-order valence-corrected chi connectivity index (χ0v) is 11.8. The lowest BCUT2D eigenvalue weighted by atomic mass is 10.1. The van der Waals surface area contributed by atoms with Crippen LogP contribution in [0.25, 0.3) is 11.1 Å². The van der Waals surface area contributed by atoms with Crippen LogP contribution in [0.2, 0.25) is 0 Å². The number of piperidine rings is 1. The van der Waals surface area contributed by atoms with E-state index in [4.69, 9.17) is 14.9 Å². The normalized spacial score (nSPS) is 19.6. The predicted octanol–water partition coefficient (Wildman–Crippen LogP) is 2.81. The highest BCUT2D eigenvalue weighted by atomic mass is 16.5. The molecule has 0 spiro atoms. The lowest BCUT2D eigenvalue weighted by Gasteiger charge is -2.31. The lowest BCUT2D eigenvalue weighted by Crippen LogP contribution is -2.40. The number of anilines is 2. The van der Waals surface area contributed by atoms with Gasteiger partial charge < -0.3 is 19.8 Å². The number of hydrogen-bond acceptors (Lipinski definition) is 5. The molecule has 1 aromatic carbocycles. The number of benzene rings is 1. The molecule has 2 N–H and O–H groups in total. The second kappa shape index (κ2) is 5.71. The third-order valence-corrected chi connectivity index (χ3v) is 3.61. The van der Waals surface area contributed by atoms with Crippen LogP contribution in [0.3, 0.4) is 0 Å². The summed E-state index contributed by atoms with van der Waals surface area (Å²) in [7, 11) is 0. The van der Waals surface area contributed by atoms with Crippen molar-refractivity contribution in [3.05, 3.63) is 18.2 Å². The first-order chi connectivity index (χ1) is 9.76. The lowest BCUT2D eigenvalue weighted by molar-refractivity contribution is 0.0431. The molecule has 0 saturated carbocycles. The van der Waals surface area contributed by atoms with Crippen molar-refractivity contribution in [2.24, 2.45) is 0 Å². The molecule has 1 saturated heterocycles. The standard InChI is InChI=1S/C15H21N3O2/c1-2-8-19-12-4-3-7-18(10-12)15-17-13-6-5-11(16)9-14(13)20-15/h5-6,9,12H,2-4,7-8,10,16H2,1H3. The van der Waals surface area contributed by atoms with Crippen molar-refractivity contribution in [3.8, 4) is 0 Å². The zero-order chi connectivity index (χ0) is 13.9. The predicted molar refractivity (Wildman–Crippen MR) is 79.9 cm³/mol. The van der Waals surface area contributed by atoms with E-state index < -0.39 is 0 Å². The Morgan fingerprint density at radius 3 is 3.25 bits per heavy atom. The van der Waals surface area contributed by atoms with Crippen molar-refractivity contribution in [1.82, 2.24) is 4.98 Å². The molecule has 1 aliphatic heterocycles. The fraction of sp³-hybridized carbons (Fsp3) is 0.533. The summed E-state index contributed by atoms with van der Waals surface area (Å²) in [4.78, 5) is 6.71. The maximum absolute atomic E-state index is 5.85. The number of rotatable bonds is 4. The highest BCUT2D eigenvalue weighted by Crippen LogP contribution is 2.26. The first kappa shape index (κ1) is 13.2. The van der Waals surface area contributed by atoms with Gasteiger partial charge in [-0.25, -0.2) is 0 Å². The molecule has 1 aliphatic rings. The van der Waals surface area contributed by atoms with E-state index >= 15 is 0 Å². The summed E-state index contributed by atoms with van der Waals surface area (Å²) in [6.45, 7) is 4.77. The van der Waals surface area contributed by atoms with Gasteiger partial charge in [0.25, 0.3) is 6.01 Å². The van der Waals surface area contributed by atoms with Gasteiger partial charge in [-0.05, 0) is 31.4 Å². The fourth-order valence-corrected chi connectivity index (χ4v) is 2.60. The first-order valence-electron chi connectivity index (χ1n) is 7.29. The summed E-state index contributed by atoms with van der Waals surface area (Å²) in [5, 5.41) is 0. The molecule has 2 aromatic rings. The van der Waals surface area contributed by atoms with Gasteiger partial charge in [0, 0.05) is 31.5 Å². The summed E-state index contributed by atoms with van der Waals surface area (Å²) in [5.74, 6) is 0. The quantitative estimate of drug-likeness (QED) is 0.869. The molecule has 5 heteroatoms. The number of hydrogen-bond donors (Lipinski definition) is 1. The first-order valence-corrected chi connectivity index (χ1v) is 7.29. The molecule has 0 radical (unpaired) electrons. The molecule has 0 amide bonds. The molecule has 1 atom stereocenters. The van der Waals surface area contributed by atoms with Crippen LogP contribution in [0.1, 0.15) is 26.2 Å². The molecule has 108 valence electrons. The summed E-state index contributed by atoms with van der Waals surface area (Å²) >= 11 is 0. The van der Waals surface area contributed by atoms with E-state index in [0.29, 0.717) is 11.7 Å². The Bertz CT molecular complexity index is 582. The van der Waals surface area contributed by atoms with Crippen LogP contribution < -0.4 is 10.6 Å². The molecular weight excluding hydrogens is 254 g/mol. The Morgan fingerprint density at radius 1 is 1.50 bits per heavy atom. The van der Waals surface area contributed by atoms with Crippen molar-refractivity contribution in [2.45, 2.75) is 32.3 Å². The number of ether oxygens (including phenoxy) is 1. The highest BCUT2D eigenvalue weighted by molar-refractivity contribution is 5.78. The van der Waals surface area contributed by atoms with Crippen LogP contribution in [0.15, 0.2) is 22.6 Å². The molecule has 5 nitrogen and oxygen atoms in total. The van der Waals surface area contributed by atoms with Gasteiger partial charge in [-0.2, -0.15) is 4.98 Å². The van der Waals surface area contributed by atoms with Gasteiger partial charge in [0.1, 0.15) is 5.52 Å². The smallest absolute Gasteiger partial charge is 0.298 e. The molecule has 0 aliphatic carbocycles. The molecule has 0 bridgehead atoms. The van der Waals surface area contributed by atoms with Crippen LogP contribution in [0.5, 0.6) is 0 Å². The summed E-state index contributed by atoms with van der Waals surface area (Å²) in [6.07, 6.45) is 3.56. The number of nitrogen functional groups attached to an aromatic ring is 1. The Balaban J connectivity index is 1.76. The van der Waals surface area contributed by atoms with Crippen LogP contribution in [-0.4, -0.2) is 30.8 Å². The van der Waals surface area contributed by atoms with Gasteiger partial charge in [0.15, 0.2) is 5.58 Å². The van der Waals surface area contributed by atoms with Gasteiger partial charge in [-0.1, -0.05) is 6.92 Å². The van der Waals surface area contributed by atoms with Gasteiger partial charge >= 0.3 is 0 Å². The summed E-state index contributed by atoms with van der Waals surface area (Å²) in [6, 6.07) is 6.24. The third-order valence-electron chi connectivity index (χ3n) is 3.61. The monoisotopic (exact) mass is 275 g/mol. The van der Waals surface area contributed by atoms with Gasteiger partial charge in [-0.15, -0.1) is 0 Å². The Kier molecular flexibility index (Phi) is 3.78. The van der Waals surface area contributed by atoms with Crippen molar-refractivity contribution in [2.75, 3.05) is 30.3 Å². The van der Waals surface area contributed by atoms with Crippen LogP contribution in [-0.2, 0) is 4.74 Å². The minimum absolute atomic E-state index is 0.281. The summed E-state index contributed by atoms with van der Waals surface area (Å²) in [5.41, 5.74) is 8.06. The number of nitrogens with zero attached hydrogens (tertiary/aromatic N) is 2. The Labute approximate surface area is 118 Å². The maximum atomic E-state index is 5.85. The minimum atomic E-state index is 0.281. The zero-order valence-electron chi connectivity index (χ0n) is 11.8. The van der Waals surface area contributed by atoms with Crippen LogP contribution >= 0.6 is 0 Å². The number of fused-ring (bicyclic) bond motifs is 1. The SMILES string of the molecule is CCCOC1CCCN(c2nc3ccc(N)cc3o2)C1. The van der Waals surface area contributed by atoms with Crippen molar-refractivity contribution in [3.63, 3.8) is 0 Å². The van der Waals surface area contributed by atoms with Gasteiger partial charge in [0.2, 0.25) is 0 Å². The van der Waals surface area contributed by atoms with E-state index in [-0.39, 0.29) is 6.10 Å². The summed E-state index contributed by atoms with van der Waals surface area (Å²) < 4.78 is 11.7. The van der Waals surface area contributed by atoms with Crippen molar-refractivity contribution < 1.29 is 9.15 Å². The van der Waals surface area contributed by atoms with Crippen molar-refractivity contribution in [1.29, 1.82) is 0 Å². The van der Waals surface area contributed by atoms with E-state index in [1.54, 1.807) is 0 Å². The molecule has 1 fully saturated rings. The van der Waals surface area contributed by atoms with Crippen LogP contribution in [0.4, 0.5) is 11.7 Å². The number of oxazole rings is 1. The largest absolute Gasteiger partial charge is 0.423 e. The van der Waals surface area contributed by atoms with E-state index in [9.17, 15) is 0 Å². The molecule has 1 unspecified atom stereocenters. The average molecular weight is 275 g/mol. The Morgan fingerprint density at radius 2 is 2.40 bits per heavy atom. The Hall–Kier alpha value is -1.75. The highest BCUT2D eigenvalue weighted by Gasteiger charge is 2.23. The van der Waals surface area contributed by atoms with Gasteiger partial charge in [-0.3, -0.25) is 0 Å². The fourth-order valence-electron chi connectivity index (χ4n) is 2.60. The second-order valence-corrected chi connectivity index (χ2v) is 5.30. The van der Waals surface area contributed by atoms with Crippen LogP contribution in [0, 0.1) is 0 Å². The molecule has 20 heavy (non-hydrogen) atoms. The average Bonchev–Trinajstić information content (AvgIpc) is 2.88. The second-order valence-electron chi connectivity index (χ2n) is 5.30. The van der Waals surface area contributed by atoms with E-state index in [0.717, 1.165) is 50.1 Å². The maximum Gasteiger partial charge on any atom is 0.298 e. The topological polar surface area (TPSA) is 64.5 Å². The number of nitrogens with two attached hydrogens (primary N) is 1. The number of aromatic nitrogens is 1. The molecule has 2 heterocycles. The molecule has 3 rings (SSSR count). The van der Waals surface area contributed by atoms with E-state index in [1.807, 2.05) is 18.2 Å². The molecule has 1 aromatic heterocycles. The van der Waals surface area contributed by atoms with Gasteiger partial charge in [0.05, 0.1) is 6.10 Å². The van der Waals surface area contributed by atoms with E-state index in [1.165, 1.54) is 0 Å². The molecular formula is C15H21N3O2. The third kappa shape index (κ3) is 2.72. The minimum Gasteiger partial charge on any atom is -0.423 e. The van der Waals surface area contributed by atoms with E-state index in [2.05, 4.69) is 16.8 Å². The van der Waals surface area contributed by atoms with Crippen molar-refractivity contribution >= 4 is 22.8 Å².